The maximum atomic E-state index is 12.1. The van der Waals surface area contributed by atoms with Crippen LogP contribution in [0.5, 0.6) is 0 Å². The molecule has 0 unspecified atom stereocenters. The molecular formula is C19H15N3O. The van der Waals surface area contributed by atoms with E-state index in [2.05, 4.69) is 22.3 Å². The van der Waals surface area contributed by atoms with E-state index in [1.54, 1.807) is 19.3 Å². The molecule has 3 aromatic rings. The van der Waals surface area contributed by atoms with E-state index < -0.39 is 0 Å². The summed E-state index contributed by atoms with van der Waals surface area (Å²) in [6, 6.07) is 18.9. The molecule has 0 saturated heterocycles. The molecule has 1 amide bonds. The van der Waals surface area contributed by atoms with Crippen molar-refractivity contribution in [1.82, 2.24) is 9.78 Å². The third-order valence-electron chi connectivity index (χ3n) is 3.32. The molecule has 4 nitrogen and oxygen atoms in total. The first-order chi connectivity index (χ1) is 11.2. The lowest BCUT2D eigenvalue weighted by Crippen LogP contribution is -2.15. The third-order valence-corrected chi connectivity index (χ3v) is 3.32. The van der Waals surface area contributed by atoms with Crippen LogP contribution in [0.3, 0.4) is 0 Å². The van der Waals surface area contributed by atoms with Gasteiger partial charge >= 0.3 is 0 Å². The normalized spacial score (nSPS) is 9.78. The van der Waals surface area contributed by atoms with E-state index in [0.717, 1.165) is 16.8 Å². The van der Waals surface area contributed by atoms with Crippen LogP contribution in [0, 0.1) is 11.8 Å². The summed E-state index contributed by atoms with van der Waals surface area (Å²) in [5, 5.41) is 6.82. The average Bonchev–Trinajstić information content (AvgIpc) is 3.01. The number of nitrogens with one attached hydrogen (secondary N) is 1. The molecular weight excluding hydrogens is 286 g/mol. The monoisotopic (exact) mass is 301 g/mol. The quantitative estimate of drug-likeness (QED) is 0.739. The van der Waals surface area contributed by atoms with Gasteiger partial charge in [-0.15, -0.1) is 0 Å². The molecule has 0 aliphatic heterocycles. The Balaban J connectivity index is 1.69. The minimum atomic E-state index is -0.187. The molecule has 1 heterocycles. The number of aryl methyl sites for hydroxylation is 1. The van der Waals surface area contributed by atoms with Crippen LogP contribution < -0.4 is 5.32 Å². The number of benzene rings is 2. The van der Waals surface area contributed by atoms with Crippen LogP contribution in [-0.4, -0.2) is 15.7 Å². The van der Waals surface area contributed by atoms with Crippen LogP contribution in [0.2, 0.25) is 0 Å². The molecule has 1 N–H and O–H groups in total. The van der Waals surface area contributed by atoms with Crippen molar-refractivity contribution in [3.63, 3.8) is 0 Å². The van der Waals surface area contributed by atoms with Gasteiger partial charge in [-0.2, -0.15) is 5.10 Å². The SMILES string of the molecule is Cn1nccc1C(=O)Nc1ccc(C#Cc2ccccc2)cc1. The van der Waals surface area contributed by atoms with E-state index in [1.807, 2.05) is 54.6 Å². The average molecular weight is 301 g/mol. The van der Waals surface area contributed by atoms with Gasteiger partial charge in [-0.05, 0) is 42.5 Å². The van der Waals surface area contributed by atoms with Crippen LogP contribution in [0.25, 0.3) is 0 Å². The summed E-state index contributed by atoms with van der Waals surface area (Å²) >= 11 is 0. The highest BCUT2D eigenvalue weighted by Crippen LogP contribution is 2.11. The topological polar surface area (TPSA) is 46.9 Å². The zero-order valence-corrected chi connectivity index (χ0v) is 12.7. The number of aromatic nitrogens is 2. The molecule has 0 fully saturated rings. The molecule has 0 aliphatic carbocycles. The highest BCUT2D eigenvalue weighted by molar-refractivity contribution is 6.03. The second kappa shape index (κ2) is 6.63. The van der Waals surface area contributed by atoms with Crippen molar-refractivity contribution >= 4 is 11.6 Å². The number of carbonyl (C=O) groups is 1. The Kier molecular flexibility index (Phi) is 4.21. The summed E-state index contributed by atoms with van der Waals surface area (Å²) in [7, 11) is 1.73. The minimum Gasteiger partial charge on any atom is -0.321 e. The fourth-order valence-electron chi connectivity index (χ4n) is 2.09. The van der Waals surface area contributed by atoms with Crippen molar-refractivity contribution in [3.8, 4) is 11.8 Å². The van der Waals surface area contributed by atoms with E-state index in [9.17, 15) is 4.79 Å². The zero-order valence-electron chi connectivity index (χ0n) is 12.7. The summed E-state index contributed by atoms with van der Waals surface area (Å²) in [5.74, 6) is 6.02. The van der Waals surface area contributed by atoms with Gasteiger partial charge in [-0.1, -0.05) is 30.0 Å². The number of hydrogen-bond donors (Lipinski definition) is 1. The second-order valence-electron chi connectivity index (χ2n) is 4.99. The zero-order chi connectivity index (χ0) is 16.1. The number of anilines is 1. The fourth-order valence-corrected chi connectivity index (χ4v) is 2.09. The van der Waals surface area contributed by atoms with E-state index in [1.165, 1.54) is 4.68 Å². The predicted octanol–water partition coefficient (Wildman–Crippen LogP) is 3.07. The van der Waals surface area contributed by atoms with E-state index in [-0.39, 0.29) is 5.91 Å². The summed E-state index contributed by atoms with van der Waals surface area (Å²) in [6.45, 7) is 0. The second-order valence-corrected chi connectivity index (χ2v) is 4.99. The third kappa shape index (κ3) is 3.66. The fraction of sp³-hybridized carbons (Fsp3) is 0.0526. The Morgan fingerprint density at radius 1 is 0.957 bits per heavy atom. The van der Waals surface area contributed by atoms with Gasteiger partial charge in [0.2, 0.25) is 0 Å². The highest BCUT2D eigenvalue weighted by Gasteiger charge is 2.09. The van der Waals surface area contributed by atoms with Crippen LogP contribution in [0.4, 0.5) is 5.69 Å². The first kappa shape index (κ1) is 14.6. The van der Waals surface area contributed by atoms with Crippen molar-refractivity contribution in [2.24, 2.45) is 7.05 Å². The molecule has 23 heavy (non-hydrogen) atoms. The molecule has 0 aliphatic rings. The molecule has 0 atom stereocenters. The summed E-state index contributed by atoms with van der Waals surface area (Å²) in [4.78, 5) is 12.1. The first-order valence-electron chi connectivity index (χ1n) is 7.19. The van der Waals surface area contributed by atoms with Crippen molar-refractivity contribution in [3.05, 3.63) is 83.7 Å². The molecule has 0 bridgehead atoms. The number of rotatable bonds is 2. The van der Waals surface area contributed by atoms with Gasteiger partial charge in [-0.25, -0.2) is 0 Å². The van der Waals surface area contributed by atoms with Crippen molar-refractivity contribution in [2.45, 2.75) is 0 Å². The van der Waals surface area contributed by atoms with Crippen LogP contribution in [0.15, 0.2) is 66.9 Å². The highest BCUT2D eigenvalue weighted by atomic mass is 16.2. The Labute approximate surface area is 134 Å². The first-order valence-corrected chi connectivity index (χ1v) is 7.19. The molecule has 0 radical (unpaired) electrons. The van der Waals surface area contributed by atoms with Crippen LogP contribution >= 0.6 is 0 Å². The summed E-state index contributed by atoms with van der Waals surface area (Å²) in [6.07, 6.45) is 1.59. The van der Waals surface area contributed by atoms with E-state index >= 15 is 0 Å². The molecule has 0 spiro atoms. The number of amides is 1. The van der Waals surface area contributed by atoms with Gasteiger partial charge in [0.1, 0.15) is 5.69 Å². The summed E-state index contributed by atoms with van der Waals surface area (Å²) in [5.41, 5.74) is 3.10. The lowest BCUT2D eigenvalue weighted by atomic mass is 10.1. The van der Waals surface area contributed by atoms with Crippen molar-refractivity contribution < 1.29 is 4.79 Å². The largest absolute Gasteiger partial charge is 0.321 e. The standard InChI is InChI=1S/C19H15N3O/c1-22-18(13-14-20-22)19(23)21-17-11-9-16(10-12-17)8-7-15-5-3-2-4-6-15/h2-6,9-14H,1H3,(H,21,23). The van der Waals surface area contributed by atoms with Crippen LogP contribution in [0.1, 0.15) is 21.6 Å². The molecule has 2 aromatic carbocycles. The molecule has 112 valence electrons. The number of carbonyl (C=O) groups excluding carboxylic acids is 1. The smallest absolute Gasteiger partial charge is 0.273 e. The van der Waals surface area contributed by atoms with Gasteiger partial charge in [0.15, 0.2) is 0 Å². The van der Waals surface area contributed by atoms with Gasteiger partial charge in [0.05, 0.1) is 0 Å². The lowest BCUT2D eigenvalue weighted by Gasteiger charge is -2.05. The van der Waals surface area contributed by atoms with Gasteiger partial charge in [0, 0.05) is 30.1 Å². The predicted molar refractivity (Wildman–Crippen MR) is 90.0 cm³/mol. The molecule has 3 rings (SSSR count). The van der Waals surface area contributed by atoms with Gasteiger partial charge in [0.25, 0.3) is 5.91 Å². The van der Waals surface area contributed by atoms with Crippen LogP contribution in [-0.2, 0) is 7.05 Å². The van der Waals surface area contributed by atoms with Crippen molar-refractivity contribution in [1.29, 1.82) is 0 Å². The Morgan fingerprint density at radius 3 is 2.22 bits per heavy atom. The maximum absolute atomic E-state index is 12.1. The number of nitrogens with zero attached hydrogens (tertiary/aromatic N) is 2. The Hall–Kier alpha value is -3.32. The molecule has 0 saturated carbocycles. The Bertz CT molecular complexity index is 868. The Morgan fingerprint density at radius 2 is 1.61 bits per heavy atom. The maximum Gasteiger partial charge on any atom is 0.273 e. The summed E-state index contributed by atoms with van der Waals surface area (Å²) < 4.78 is 1.54. The van der Waals surface area contributed by atoms with Crippen molar-refractivity contribution in [2.75, 3.05) is 5.32 Å². The van der Waals surface area contributed by atoms with E-state index in [0.29, 0.717) is 5.69 Å². The minimum absolute atomic E-state index is 0.187. The van der Waals surface area contributed by atoms with Gasteiger partial charge in [-0.3, -0.25) is 9.48 Å². The van der Waals surface area contributed by atoms with E-state index in [4.69, 9.17) is 0 Å². The number of hydrogen-bond acceptors (Lipinski definition) is 2. The van der Waals surface area contributed by atoms with Gasteiger partial charge < -0.3 is 5.32 Å². The lowest BCUT2D eigenvalue weighted by molar-refractivity contribution is 0.101. The molecule has 1 aromatic heterocycles. The molecule has 4 heteroatoms.